The maximum Gasteiger partial charge on any atom is 0.281 e. The van der Waals surface area contributed by atoms with E-state index in [-0.39, 0.29) is 22.0 Å². The Morgan fingerprint density at radius 2 is 2.22 bits per heavy atom. The van der Waals surface area contributed by atoms with Crippen LogP contribution in [0, 0.1) is 6.92 Å². The Balaban J connectivity index is 2.56. The molecular weight excluding hydrogens is 264 g/mol. The molecule has 0 saturated heterocycles. The molecule has 0 N–H and O–H groups in total. The van der Waals surface area contributed by atoms with E-state index in [0.29, 0.717) is 4.88 Å². The minimum atomic E-state index is -2.68. The van der Waals surface area contributed by atoms with E-state index in [1.165, 1.54) is 20.2 Å². The molecule has 0 atom stereocenters. The van der Waals surface area contributed by atoms with Crippen molar-refractivity contribution in [2.45, 2.75) is 13.3 Å². The second-order valence-electron chi connectivity index (χ2n) is 3.58. The van der Waals surface area contributed by atoms with E-state index in [9.17, 15) is 18.7 Å². The van der Waals surface area contributed by atoms with Crippen LogP contribution in [0.1, 0.15) is 27.5 Å². The number of rotatable bonds is 3. The number of aromatic carboxylic acids is 1. The molecule has 0 unspecified atom stereocenters. The van der Waals surface area contributed by atoms with Crippen molar-refractivity contribution in [3.8, 4) is 10.6 Å². The fourth-order valence-electron chi connectivity index (χ4n) is 1.56. The Morgan fingerprint density at radius 3 is 2.72 bits per heavy atom. The van der Waals surface area contributed by atoms with E-state index < -0.39 is 12.4 Å². The standard InChI is InChI=1S/C10H9F2N3O2S/c1-4-6(8(11)12)14-9(18-4)5-3-13-15(2)7(5)10(16)17/h3,8H,1-2H3,(H,16,17)/p-1. The lowest BCUT2D eigenvalue weighted by Crippen LogP contribution is -2.25. The summed E-state index contributed by atoms with van der Waals surface area (Å²) in [4.78, 5) is 15.1. The fourth-order valence-corrected chi connectivity index (χ4v) is 2.49. The van der Waals surface area contributed by atoms with Gasteiger partial charge in [0.25, 0.3) is 6.43 Å². The number of hydrogen-bond acceptors (Lipinski definition) is 5. The van der Waals surface area contributed by atoms with Gasteiger partial charge in [-0.1, -0.05) is 0 Å². The summed E-state index contributed by atoms with van der Waals surface area (Å²) in [5, 5.41) is 14.9. The second kappa shape index (κ2) is 4.45. The first kappa shape index (κ1) is 12.6. The van der Waals surface area contributed by atoms with E-state index in [4.69, 9.17) is 0 Å². The van der Waals surface area contributed by atoms with Gasteiger partial charge in [-0.05, 0) is 6.92 Å². The van der Waals surface area contributed by atoms with Crippen LogP contribution in [0.5, 0.6) is 0 Å². The normalized spacial score (nSPS) is 11.2. The van der Waals surface area contributed by atoms with Crippen LogP contribution in [0.4, 0.5) is 8.78 Å². The summed E-state index contributed by atoms with van der Waals surface area (Å²) < 4.78 is 26.3. The number of alkyl halides is 2. The molecule has 2 aromatic heterocycles. The van der Waals surface area contributed by atoms with Gasteiger partial charge in [0.05, 0.1) is 23.4 Å². The van der Waals surface area contributed by atoms with Gasteiger partial charge in [-0.3, -0.25) is 4.68 Å². The topological polar surface area (TPSA) is 70.8 Å². The predicted molar refractivity (Wildman–Crippen MR) is 58.3 cm³/mol. The molecule has 2 heterocycles. The molecule has 0 saturated carbocycles. The molecule has 18 heavy (non-hydrogen) atoms. The molecule has 0 aromatic carbocycles. The fraction of sp³-hybridized carbons (Fsp3) is 0.300. The number of hydrogen-bond donors (Lipinski definition) is 0. The van der Waals surface area contributed by atoms with Gasteiger partial charge in [0.1, 0.15) is 10.7 Å². The summed E-state index contributed by atoms with van der Waals surface area (Å²) in [6.45, 7) is 1.51. The Bertz CT molecular complexity index is 606. The minimum absolute atomic E-state index is 0.176. The van der Waals surface area contributed by atoms with Crippen LogP contribution in [-0.2, 0) is 7.05 Å². The third kappa shape index (κ3) is 1.99. The molecular formula is C10H8F2N3O2S-. The quantitative estimate of drug-likeness (QED) is 0.840. The van der Waals surface area contributed by atoms with Gasteiger partial charge in [0, 0.05) is 11.9 Å². The number of aryl methyl sites for hydroxylation is 2. The second-order valence-corrected chi connectivity index (χ2v) is 4.78. The van der Waals surface area contributed by atoms with Gasteiger partial charge < -0.3 is 9.90 Å². The average molecular weight is 272 g/mol. The molecule has 2 rings (SSSR count). The lowest BCUT2D eigenvalue weighted by molar-refractivity contribution is -0.255. The number of nitrogens with zero attached hydrogens (tertiary/aromatic N) is 3. The van der Waals surface area contributed by atoms with Crippen molar-refractivity contribution in [2.24, 2.45) is 7.05 Å². The summed E-state index contributed by atoms with van der Waals surface area (Å²) in [6.07, 6.45) is -1.41. The highest BCUT2D eigenvalue weighted by atomic mass is 32.1. The smallest absolute Gasteiger partial charge is 0.281 e. The van der Waals surface area contributed by atoms with Gasteiger partial charge in [-0.2, -0.15) is 5.10 Å². The number of carboxylic acids is 1. The van der Waals surface area contributed by atoms with Crippen molar-refractivity contribution in [3.63, 3.8) is 0 Å². The largest absolute Gasteiger partial charge is 0.543 e. The third-order valence-electron chi connectivity index (χ3n) is 2.40. The van der Waals surface area contributed by atoms with Crippen LogP contribution in [0.15, 0.2) is 6.20 Å². The monoisotopic (exact) mass is 272 g/mol. The highest BCUT2D eigenvalue weighted by Gasteiger charge is 2.20. The van der Waals surface area contributed by atoms with Gasteiger partial charge >= 0.3 is 0 Å². The van der Waals surface area contributed by atoms with Crippen LogP contribution < -0.4 is 5.11 Å². The zero-order valence-corrected chi connectivity index (χ0v) is 10.3. The van der Waals surface area contributed by atoms with E-state index >= 15 is 0 Å². The van der Waals surface area contributed by atoms with Crippen LogP contribution in [0.3, 0.4) is 0 Å². The summed E-state index contributed by atoms with van der Waals surface area (Å²) in [7, 11) is 1.43. The van der Waals surface area contributed by atoms with Gasteiger partial charge in [0.15, 0.2) is 0 Å². The van der Waals surface area contributed by atoms with Crippen molar-refractivity contribution in [1.29, 1.82) is 0 Å². The Labute approximate surface area is 105 Å². The summed E-state index contributed by atoms with van der Waals surface area (Å²) in [5.41, 5.74) is -0.315. The number of thiazole rings is 1. The number of carbonyl (C=O) groups excluding carboxylic acids is 1. The first-order valence-corrected chi connectivity index (χ1v) is 5.72. The molecule has 0 spiro atoms. The Kier molecular flexibility index (Phi) is 3.12. The Hall–Kier alpha value is -1.83. The molecule has 2 aromatic rings. The van der Waals surface area contributed by atoms with Crippen LogP contribution >= 0.6 is 11.3 Å². The molecule has 8 heteroatoms. The van der Waals surface area contributed by atoms with E-state index in [1.807, 2.05) is 0 Å². The van der Waals surface area contributed by atoms with Crippen molar-refractivity contribution in [2.75, 3.05) is 0 Å². The summed E-state index contributed by atoms with van der Waals surface area (Å²) in [6, 6.07) is 0. The zero-order valence-electron chi connectivity index (χ0n) is 9.48. The van der Waals surface area contributed by atoms with E-state index in [2.05, 4.69) is 10.1 Å². The first-order chi connectivity index (χ1) is 8.41. The van der Waals surface area contributed by atoms with Crippen LogP contribution in [-0.4, -0.2) is 20.7 Å². The zero-order chi connectivity index (χ0) is 13.4. The van der Waals surface area contributed by atoms with Gasteiger partial charge in [-0.25, -0.2) is 13.8 Å². The number of halogens is 2. The summed E-state index contributed by atoms with van der Waals surface area (Å²) >= 11 is 1.01. The maximum atomic E-state index is 12.6. The molecule has 5 nitrogen and oxygen atoms in total. The number of carboxylic acid groups (broad SMARTS) is 1. The van der Waals surface area contributed by atoms with E-state index in [0.717, 1.165) is 16.0 Å². The van der Waals surface area contributed by atoms with Crippen molar-refractivity contribution in [3.05, 3.63) is 22.5 Å². The maximum absolute atomic E-state index is 12.6. The molecule has 0 amide bonds. The molecule has 0 fully saturated rings. The predicted octanol–water partition coefficient (Wildman–Crippen LogP) is 1.15. The van der Waals surface area contributed by atoms with Crippen LogP contribution in [0.25, 0.3) is 10.6 Å². The number of aromatic nitrogens is 3. The van der Waals surface area contributed by atoms with Crippen molar-refractivity contribution >= 4 is 17.3 Å². The first-order valence-electron chi connectivity index (χ1n) is 4.91. The highest BCUT2D eigenvalue weighted by Crippen LogP contribution is 2.33. The molecule has 0 aliphatic carbocycles. The lowest BCUT2D eigenvalue weighted by Gasteiger charge is -2.04. The molecule has 0 aliphatic rings. The SMILES string of the molecule is Cc1sc(-c2cnn(C)c2C(=O)[O-])nc1C(F)F. The van der Waals surface area contributed by atoms with E-state index in [1.54, 1.807) is 0 Å². The Morgan fingerprint density at radius 1 is 1.56 bits per heavy atom. The third-order valence-corrected chi connectivity index (χ3v) is 3.42. The van der Waals surface area contributed by atoms with Crippen LogP contribution in [0.2, 0.25) is 0 Å². The highest BCUT2D eigenvalue weighted by molar-refractivity contribution is 7.15. The van der Waals surface area contributed by atoms with Gasteiger partial charge in [0.2, 0.25) is 0 Å². The molecule has 0 bridgehead atoms. The van der Waals surface area contributed by atoms with Crippen molar-refractivity contribution < 1.29 is 18.7 Å². The van der Waals surface area contributed by atoms with Gasteiger partial charge in [-0.15, -0.1) is 11.3 Å². The molecule has 96 valence electrons. The minimum Gasteiger partial charge on any atom is -0.543 e. The molecule has 0 aliphatic heterocycles. The average Bonchev–Trinajstić information content (AvgIpc) is 2.81. The van der Waals surface area contributed by atoms with Crippen molar-refractivity contribution in [1.82, 2.24) is 14.8 Å². The lowest BCUT2D eigenvalue weighted by atomic mass is 10.2. The molecule has 0 radical (unpaired) electrons. The summed E-state index contributed by atoms with van der Waals surface area (Å²) in [5.74, 6) is -1.42. The number of carbonyl (C=O) groups is 1.